The van der Waals surface area contributed by atoms with Gasteiger partial charge in [0.25, 0.3) is 5.56 Å². The molecule has 0 aliphatic rings. The SMILES string of the molecule is COCCN(CCC(=O)Nc1cccc2ccccc12)c1c(N)n(CC(C)C)c(=O)[nH]c1=O. The first-order valence-corrected chi connectivity index (χ1v) is 11.0. The van der Waals surface area contributed by atoms with Crippen LogP contribution >= 0.6 is 0 Å². The molecule has 0 saturated heterocycles. The summed E-state index contributed by atoms with van der Waals surface area (Å²) in [6.45, 7) is 5.17. The Kier molecular flexibility index (Phi) is 7.89. The van der Waals surface area contributed by atoms with Crippen molar-refractivity contribution in [3.8, 4) is 0 Å². The summed E-state index contributed by atoms with van der Waals surface area (Å²) in [5.74, 6) is 0.0462. The Morgan fingerprint density at radius 3 is 2.61 bits per heavy atom. The number of benzene rings is 2. The Balaban J connectivity index is 1.82. The molecule has 0 radical (unpaired) electrons. The van der Waals surface area contributed by atoms with Gasteiger partial charge in [-0.15, -0.1) is 0 Å². The second-order valence-electron chi connectivity index (χ2n) is 8.30. The molecule has 1 aromatic heterocycles. The minimum Gasteiger partial charge on any atom is -0.383 e. The molecule has 1 amide bonds. The number of methoxy groups -OCH3 is 1. The van der Waals surface area contributed by atoms with Crippen molar-refractivity contribution in [1.29, 1.82) is 0 Å². The lowest BCUT2D eigenvalue weighted by atomic mass is 10.1. The highest BCUT2D eigenvalue weighted by Crippen LogP contribution is 2.23. The maximum absolute atomic E-state index is 12.8. The number of ether oxygens (including phenoxy) is 1. The molecule has 0 spiro atoms. The lowest BCUT2D eigenvalue weighted by Gasteiger charge is -2.26. The van der Waals surface area contributed by atoms with Crippen LogP contribution in [0.4, 0.5) is 17.2 Å². The number of H-pyrrole nitrogens is 1. The van der Waals surface area contributed by atoms with Crippen LogP contribution in [0.1, 0.15) is 20.3 Å². The Morgan fingerprint density at radius 1 is 1.15 bits per heavy atom. The van der Waals surface area contributed by atoms with Gasteiger partial charge in [-0.3, -0.25) is 19.1 Å². The zero-order valence-electron chi connectivity index (χ0n) is 19.3. The molecule has 9 heteroatoms. The normalized spacial score (nSPS) is 11.2. The molecule has 0 unspecified atom stereocenters. The van der Waals surface area contributed by atoms with Crippen molar-refractivity contribution < 1.29 is 9.53 Å². The Labute approximate surface area is 192 Å². The van der Waals surface area contributed by atoms with Gasteiger partial charge in [0.2, 0.25) is 5.91 Å². The van der Waals surface area contributed by atoms with Crippen LogP contribution in [0.15, 0.2) is 52.1 Å². The second kappa shape index (κ2) is 10.8. The highest BCUT2D eigenvalue weighted by atomic mass is 16.5. The molecular formula is C24H31N5O4. The van der Waals surface area contributed by atoms with Crippen molar-refractivity contribution in [2.45, 2.75) is 26.8 Å². The van der Waals surface area contributed by atoms with Gasteiger partial charge in [0, 0.05) is 44.2 Å². The summed E-state index contributed by atoms with van der Waals surface area (Å²) in [5.41, 5.74) is 6.03. The van der Waals surface area contributed by atoms with E-state index in [-0.39, 0.29) is 36.3 Å². The molecule has 1 heterocycles. The van der Waals surface area contributed by atoms with E-state index in [1.54, 1.807) is 12.0 Å². The minimum absolute atomic E-state index is 0.0861. The molecular weight excluding hydrogens is 422 g/mol. The number of aromatic nitrogens is 2. The van der Waals surface area contributed by atoms with E-state index >= 15 is 0 Å². The third-order valence-electron chi connectivity index (χ3n) is 5.32. The van der Waals surface area contributed by atoms with Crippen molar-refractivity contribution in [1.82, 2.24) is 9.55 Å². The zero-order valence-corrected chi connectivity index (χ0v) is 19.3. The number of anilines is 3. The van der Waals surface area contributed by atoms with Gasteiger partial charge in [-0.1, -0.05) is 50.2 Å². The third-order valence-corrected chi connectivity index (χ3v) is 5.32. The molecule has 0 fully saturated rings. The molecule has 4 N–H and O–H groups in total. The van der Waals surface area contributed by atoms with Gasteiger partial charge < -0.3 is 20.7 Å². The zero-order chi connectivity index (χ0) is 24.0. The van der Waals surface area contributed by atoms with Crippen molar-refractivity contribution in [2.75, 3.05) is 42.8 Å². The number of rotatable bonds is 10. The molecule has 3 rings (SSSR count). The number of amides is 1. The van der Waals surface area contributed by atoms with Gasteiger partial charge in [0.15, 0.2) is 0 Å². The number of fused-ring (bicyclic) bond motifs is 1. The van der Waals surface area contributed by atoms with Crippen LogP contribution in [0.3, 0.4) is 0 Å². The van der Waals surface area contributed by atoms with Gasteiger partial charge >= 0.3 is 5.69 Å². The summed E-state index contributed by atoms with van der Waals surface area (Å²) in [6.07, 6.45) is 0.120. The highest BCUT2D eigenvalue weighted by Gasteiger charge is 2.20. The first kappa shape index (κ1) is 24.1. The van der Waals surface area contributed by atoms with Crippen molar-refractivity contribution in [3.63, 3.8) is 0 Å². The summed E-state index contributed by atoms with van der Waals surface area (Å²) in [4.78, 5) is 41.7. The Bertz CT molecular complexity index is 1230. The number of nitrogens with zero attached hydrogens (tertiary/aromatic N) is 2. The monoisotopic (exact) mass is 453 g/mol. The Hall–Kier alpha value is -3.59. The van der Waals surface area contributed by atoms with E-state index < -0.39 is 11.2 Å². The number of hydrogen-bond acceptors (Lipinski definition) is 6. The van der Waals surface area contributed by atoms with E-state index in [1.807, 2.05) is 56.3 Å². The maximum atomic E-state index is 12.8. The number of nitrogens with two attached hydrogens (primary N) is 1. The van der Waals surface area contributed by atoms with Gasteiger partial charge in [-0.2, -0.15) is 0 Å². The van der Waals surface area contributed by atoms with Crippen LogP contribution in [0.5, 0.6) is 0 Å². The van der Waals surface area contributed by atoms with Crippen LogP contribution in [0, 0.1) is 5.92 Å². The van der Waals surface area contributed by atoms with Crippen LogP contribution in [-0.2, 0) is 16.1 Å². The third kappa shape index (κ3) is 5.81. The number of hydrogen-bond donors (Lipinski definition) is 3. The number of nitrogens with one attached hydrogen (secondary N) is 2. The summed E-state index contributed by atoms with van der Waals surface area (Å²) in [7, 11) is 1.55. The average Bonchev–Trinajstić information content (AvgIpc) is 2.78. The standard InChI is InChI=1S/C24H31N5O4/c1-16(2)15-29-22(25)21(23(31)27-24(29)32)28(13-14-33-3)12-11-20(30)26-19-10-6-8-17-7-4-5-9-18(17)19/h4-10,16H,11-15,25H2,1-3H3,(H,26,30)(H,27,31,32). The molecule has 176 valence electrons. The lowest BCUT2D eigenvalue weighted by molar-refractivity contribution is -0.116. The number of carbonyl (C=O) groups is 1. The fraction of sp³-hybridized carbons (Fsp3) is 0.375. The van der Waals surface area contributed by atoms with E-state index in [0.29, 0.717) is 19.7 Å². The molecule has 9 nitrogen and oxygen atoms in total. The van der Waals surface area contributed by atoms with Crippen LogP contribution < -0.4 is 27.2 Å². The molecule has 2 aromatic carbocycles. The van der Waals surface area contributed by atoms with E-state index in [4.69, 9.17) is 10.5 Å². The summed E-state index contributed by atoms with van der Waals surface area (Å²) >= 11 is 0. The fourth-order valence-corrected chi connectivity index (χ4v) is 3.75. The van der Waals surface area contributed by atoms with Crippen molar-refractivity contribution in [2.24, 2.45) is 5.92 Å². The molecule has 33 heavy (non-hydrogen) atoms. The summed E-state index contributed by atoms with van der Waals surface area (Å²) in [6, 6.07) is 13.5. The fourth-order valence-electron chi connectivity index (χ4n) is 3.75. The maximum Gasteiger partial charge on any atom is 0.330 e. The minimum atomic E-state index is -0.580. The van der Waals surface area contributed by atoms with E-state index in [0.717, 1.165) is 16.5 Å². The predicted octanol–water partition coefficient (Wildman–Crippen LogP) is 2.41. The van der Waals surface area contributed by atoms with E-state index in [1.165, 1.54) is 4.57 Å². The molecule has 0 aliphatic carbocycles. The predicted molar refractivity (Wildman–Crippen MR) is 132 cm³/mol. The van der Waals surface area contributed by atoms with Crippen LogP contribution in [-0.4, -0.2) is 42.3 Å². The molecule has 3 aromatic rings. The smallest absolute Gasteiger partial charge is 0.330 e. The molecule has 0 saturated carbocycles. The molecule has 0 bridgehead atoms. The number of aromatic amines is 1. The second-order valence-corrected chi connectivity index (χ2v) is 8.30. The Morgan fingerprint density at radius 2 is 1.88 bits per heavy atom. The van der Waals surface area contributed by atoms with Crippen LogP contribution in [0.2, 0.25) is 0 Å². The van der Waals surface area contributed by atoms with Gasteiger partial charge in [0.1, 0.15) is 11.5 Å². The summed E-state index contributed by atoms with van der Waals surface area (Å²) < 4.78 is 6.54. The van der Waals surface area contributed by atoms with Crippen molar-refractivity contribution >= 4 is 33.9 Å². The van der Waals surface area contributed by atoms with Crippen LogP contribution in [0.25, 0.3) is 10.8 Å². The largest absolute Gasteiger partial charge is 0.383 e. The quantitative estimate of drug-likeness (QED) is 0.433. The highest BCUT2D eigenvalue weighted by molar-refractivity contribution is 6.02. The van der Waals surface area contributed by atoms with Gasteiger partial charge in [-0.25, -0.2) is 4.79 Å². The molecule has 0 aliphatic heterocycles. The summed E-state index contributed by atoms with van der Waals surface area (Å²) in [5, 5.41) is 4.94. The first-order chi connectivity index (χ1) is 15.8. The lowest BCUT2D eigenvalue weighted by Crippen LogP contribution is -2.41. The topological polar surface area (TPSA) is 122 Å². The van der Waals surface area contributed by atoms with E-state index in [9.17, 15) is 14.4 Å². The van der Waals surface area contributed by atoms with Gasteiger partial charge in [-0.05, 0) is 17.4 Å². The number of carbonyl (C=O) groups excluding carboxylic acids is 1. The van der Waals surface area contributed by atoms with Crippen molar-refractivity contribution in [3.05, 3.63) is 63.3 Å². The average molecular weight is 454 g/mol. The molecule has 0 atom stereocenters. The van der Waals surface area contributed by atoms with E-state index in [2.05, 4.69) is 10.3 Å². The first-order valence-electron chi connectivity index (χ1n) is 11.0. The number of nitrogen functional groups attached to an aromatic ring is 1. The van der Waals surface area contributed by atoms with Gasteiger partial charge in [0.05, 0.1) is 6.61 Å².